The summed E-state index contributed by atoms with van der Waals surface area (Å²) in [5, 5.41) is 3.10. The number of hydrogen-bond acceptors (Lipinski definition) is 3. The number of aryl methyl sites for hydroxylation is 1. The van der Waals surface area contributed by atoms with E-state index in [2.05, 4.69) is 15.2 Å². The standard InChI is InChI=1S/C32H34F3N5O/c1-23-29(38-30(37-23)26-12-14-27(15-13-26)32(33,34)35)22-39-18-16-28(17-19-39)40(21-25-10-6-3-7-11-25)31(41)36-20-24-8-4-2-5-9-24/h2-15,28H,16-22H2,1H3,(H,36,41)(H,37,38). The van der Waals surface area contributed by atoms with E-state index in [1.165, 1.54) is 12.1 Å². The van der Waals surface area contributed by atoms with E-state index < -0.39 is 11.7 Å². The second-order valence-corrected chi connectivity index (χ2v) is 10.5. The van der Waals surface area contributed by atoms with Crippen LogP contribution >= 0.6 is 0 Å². The van der Waals surface area contributed by atoms with Crippen LogP contribution in [0, 0.1) is 6.92 Å². The molecule has 41 heavy (non-hydrogen) atoms. The third kappa shape index (κ3) is 7.35. The fourth-order valence-electron chi connectivity index (χ4n) is 5.23. The zero-order chi connectivity index (χ0) is 28.8. The van der Waals surface area contributed by atoms with Crippen LogP contribution in [-0.4, -0.2) is 44.9 Å². The fourth-order valence-corrected chi connectivity index (χ4v) is 5.23. The van der Waals surface area contributed by atoms with E-state index in [0.717, 1.165) is 60.6 Å². The Labute approximate surface area is 238 Å². The van der Waals surface area contributed by atoms with Crippen molar-refractivity contribution in [2.75, 3.05) is 13.1 Å². The highest BCUT2D eigenvalue weighted by molar-refractivity contribution is 5.74. The minimum atomic E-state index is -4.37. The molecule has 0 saturated carbocycles. The van der Waals surface area contributed by atoms with E-state index >= 15 is 0 Å². The molecule has 6 nitrogen and oxygen atoms in total. The molecular formula is C32H34F3N5O. The second kappa shape index (κ2) is 12.6. The van der Waals surface area contributed by atoms with Crippen molar-refractivity contribution in [1.29, 1.82) is 0 Å². The Morgan fingerprint density at radius 2 is 1.56 bits per heavy atom. The number of nitrogens with one attached hydrogen (secondary N) is 2. The third-order valence-electron chi connectivity index (χ3n) is 7.59. The monoisotopic (exact) mass is 561 g/mol. The Hall–Kier alpha value is -4.11. The molecule has 2 amide bonds. The number of carbonyl (C=O) groups excluding carboxylic acids is 1. The first-order valence-corrected chi connectivity index (χ1v) is 13.8. The van der Waals surface area contributed by atoms with Gasteiger partial charge in [0.15, 0.2) is 0 Å². The van der Waals surface area contributed by atoms with E-state index in [9.17, 15) is 18.0 Å². The number of benzene rings is 3. The summed E-state index contributed by atoms with van der Waals surface area (Å²) in [6.07, 6.45) is -2.70. The number of alkyl halides is 3. The number of aromatic amines is 1. The van der Waals surface area contributed by atoms with Crippen LogP contribution in [0.3, 0.4) is 0 Å². The van der Waals surface area contributed by atoms with Crippen LogP contribution in [0.2, 0.25) is 0 Å². The summed E-state index contributed by atoms with van der Waals surface area (Å²) in [7, 11) is 0. The summed E-state index contributed by atoms with van der Waals surface area (Å²) < 4.78 is 38.8. The van der Waals surface area contributed by atoms with Crippen LogP contribution in [0.5, 0.6) is 0 Å². The average Bonchev–Trinajstić information content (AvgIpc) is 3.35. The number of carbonyl (C=O) groups is 1. The maximum Gasteiger partial charge on any atom is 0.416 e. The molecule has 5 rings (SSSR count). The molecule has 1 aromatic heterocycles. The van der Waals surface area contributed by atoms with E-state index in [0.29, 0.717) is 31.0 Å². The Morgan fingerprint density at radius 1 is 0.951 bits per heavy atom. The van der Waals surface area contributed by atoms with Crippen LogP contribution in [0.25, 0.3) is 11.4 Å². The van der Waals surface area contributed by atoms with Gasteiger partial charge in [0.2, 0.25) is 0 Å². The Morgan fingerprint density at radius 3 is 2.17 bits per heavy atom. The predicted molar refractivity (Wildman–Crippen MR) is 153 cm³/mol. The lowest BCUT2D eigenvalue weighted by molar-refractivity contribution is -0.137. The molecule has 0 bridgehead atoms. The molecule has 9 heteroatoms. The lowest BCUT2D eigenvalue weighted by Crippen LogP contribution is -2.50. The van der Waals surface area contributed by atoms with Crippen LogP contribution in [0.4, 0.5) is 18.0 Å². The molecule has 1 aliphatic rings. The number of rotatable bonds is 8. The van der Waals surface area contributed by atoms with Crippen LogP contribution < -0.4 is 5.32 Å². The summed E-state index contributed by atoms with van der Waals surface area (Å²) in [6, 6.07) is 25.0. The van der Waals surface area contributed by atoms with E-state index in [-0.39, 0.29) is 12.1 Å². The first-order chi connectivity index (χ1) is 19.8. The number of halogens is 3. The second-order valence-electron chi connectivity index (χ2n) is 10.5. The van der Waals surface area contributed by atoms with Crippen molar-refractivity contribution >= 4 is 6.03 Å². The van der Waals surface area contributed by atoms with Crippen molar-refractivity contribution in [3.8, 4) is 11.4 Å². The maximum atomic E-state index is 13.4. The van der Waals surface area contributed by atoms with E-state index in [4.69, 9.17) is 4.98 Å². The van der Waals surface area contributed by atoms with Gasteiger partial charge in [-0.2, -0.15) is 13.2 Å². The first-order valence-electron chi connectivity index (χ1n) is 13.8. The topological polar surface area (TPSA) is 64.3 Å². The van der Waals surface area contributed by atoms with Gasteiger partial charge in [-0.25, -0.2) is 9.78 Å². The quantitative estimate of drug-likeness (QED) is 0.249. The molecule has 1 fully saturated rings. The number of likely N-dealkylation sites (tertiary alicyclic amines) is 1. The van der Waals surface area contributed by atoms with Crippen molar-refractivity contribution in [2.45, 2.75) is 51.6 Å². The number of imidazole rings is 1. The summed E-state index contributed by atoms with van der Waals surface area (Å²) in [6.45, 7) is 5.20. The largest absolute Gasteiger partial charge is 0.416 e. The number of hydrogen-bond donors (Lipinski definition) is 2. The number of amides is 2. The van der Waals surface area contributed by atoms with Crippen molar-refractivity contribution in [2.24, 2.45) is 0 Å². The van der Waals surface area contributed by atoms with Gasteiger partial charge in [0.1, 0.15) is 5.82 Å². The van der Waals surface area contributed by atoms with E-state index in [1.807, 2.05) is 72.5 Å². The lowest BCUT2D eigenvalue weighted by Gasteiger charge is -2.38. The van der Waals surface area contributed by atoms with Crippen molar-refractivity contribution in [1.82, 2.24) is 25.1 Å². The summed E-state index contributed by atoms with van der Waals surface area (Å²) in [5.74, 6) is 0.560. The number of piperidine rings is 1. The fraction of sp³-hybridized carbons (Fsp3) is 0.312. The first kappa shape index (κ1) is 28.4. The molecule has 0 spiro atoms. The summed E-state index contributed by atoms with van der Waals surface area (Å²) >= 11 is 0. The van der Waals surface area contributed by atoms with Gasteiger partial charge in [0.05, 0.1) is 11.3 Å². The Bertz CT molecular complexity index is 1410. The summed E-state index contributed by atoms with van der Waals surface area (Å²) in [4.78, 5) is 25.6. The zero-order valence-electron chi connectivity index (χ0n) is 23.0. The van der Waals surface area contributed by atoms with Gasteiger partial charge in [-0.3, -0.25) is 4.90 Å². The van der Waals surface area contributed by atoms with Gasteiger partial charge in [-0.15, -0.1) is 0 Å². The highest BCUT2D eigenvalue weighted by Crippen LogP contribution is 2.31. The Kier molecular flexibility index (Phi) is 8.73. The number of aromatic nitrogens is 2. The van der Waals surface area contributed by atoms with Gasteiger partial charge in [-0.05, 0) is 43.0 Å². The molecule has 0 radical (unpaired) electrons. The highest BCUT2D eigenvalue weighted by atomic mass is 19.4. The third-order valence-corrected chi connectivity index (χ3v) is 7.59. The minimum absolute atomic E-state index is 0.0690. The van der Waals surface area contributed by atoms with Gasteiger partial charge in [0, 0.05) is 50.0 Å². The SMILES string of the molecule is Cc1[nH]c(-c2ccc(C(F)(F)F)cc2)nc1CN1CCC(N(Cc2ccccc2)C(=O)NCc2ccccc2)CC1. The minimum Gasteiger partial charge on any atom is -0.342 e. The summed E-state index contributed by atoms with van der Waals surface area (Å²) in [5.41, 5.74) is 3.85. The maximum absolute atomic E-state index is 13.4. The Balaban J connectivity index is 1.21. The van der Waals surface area contributed by atoms with Crippen molar-refractivity contribution < 1.29 is 18.0 Å². The molecule has 1 saturated heterocycles. The van der Waals surface area contributed by atoms with Crippen molar-refractivity contribution in [3.63, 3.8) is 0 Å². The smallest absolute Gasteiger partial charge is 0.342 e. The van der Waals surface area contributed by atoms with Crippen LogP contribution in [0.1, 0.15) is 40.9 Å². The number of urea groups is 1. The average molecular weight is 562 g/mol. The lowest BCUT2D eigenvalue weighted by atomic mass is 10.0. The molecule has 2 heterocycles. The number of H-pyrrole nitrogens is 1. The molecular weight excluding hydrogens is 527 g/mol. The molecule has 3 aromatic carbocycles. The zero-order valence-corrected chi connectivity index (χ0v) is 23.0. The van der Waals surface area contributed by atoms with Gasteiger partial charge in [0.25, 0.3) is 0 Å². The number of nitrogens with zero attached hydrogens (tertiary/aromatic N) is 3. The molecule has 0 aliphatic carbocycles. The molecule has 4 aromatic rings. The molecule has 0 unspecified atom stereocenters. The highest BCUT2D eigenvalue weighted by Gasteiger charge is 2.31. The van der Waals surface area contributed by atoms with Crippen molar-refractivity contribution in [3.05, 3.63) is 113 Å². The van der Waals surface area contributed by atoms with Gasteiger partial charge < -0.3 is 15.2 Å². The molecule has 2 N–H and O–H groups in total. The van der Waals surface area contributed by atoms with Gasteiger partial charge >= 0.3 is 12.2 Å². The molecule has 214 valence electrons. The van der Waals surface area contributed by atoms with Gasteiger partial charge in [-0.1, -0.05) is 72.8 Å². The predicted octanol–water partition coefficient (Wildman–Crippen LogP) is 6.78. The van der Waals surface area contributed by atoms with Crippen LogP contribution in [0.15, 0.2) is 84.9 Å². The van der Waals surface area contributed by atoms with E-state index in [1.54, 1.807) is 0 Å². The van der Waals surface area contributed by atoms with Crippen LogP contribution in [-0.2, 0) is 25.8 Å². The molecule has 1 aliphatic heterocycles. The molecule has 0 atom stereocenters. The normalized spacial score (nSPS) is 14.6.